The Morgan fingerprint density at radius 3 is 2.29 bits per heavy atom. The first kappa shape index (κ1) is 26.2. The van der Waals surface area contributed by atoms with E-state index in [2.05, 4.69) is 40.8 Å². The molecule has 1 rings (SSSR count). The molecule has 0 aromatic heterocycles. The van der Waals surface area contributed by atoms with Crippen LogP contribution in [0.25, 0.3) is 0 Å². The number of hydrogen-bond donors (Lipinski definition) is 4. The van der Waals surface area contributed by atoms with Gasteiger partial charge in [0.25, 0.3) is 0 Å². The molecule has 7 nitrogen and oxygen atoms in total. The number of aliphatic hydroxyl groups is 1. The second kappa shape index (κ2) is 13.5. The van der Waals surface area contributed by atoms with E-state index in [-0.39, 0.29) is 24.5 Å². The maximum atomic E-state index is 12.5. The Kier molecular flexibility index (Phi) is 11.4. The molecule has 2 atom stereocenters. The molecule has 1 aromatic rings. The number of esters is 1. The third-order valence-electron chi connectivity index (χ3n) is 4.98. The van der Waals surface area contributed by atoms with E-state index >= 15 is 0 Å². The lowest BCUT2D eigenvalue weighted by atomic mass is 10.1. The fourth-order valence-corrected chi connectivity index (χ4v) is 3.00. The maximum absolute atomic E-state index is 12.5. The van der Waals surface area contributed by atoms with E-state index < -0.39 is 6.04 Å². The zero-order chi connectivity index (χ0) is 23.4. The highest BCUT2D eigenvalue weighted by Gasteiger charge is 2.17. The molecule has 1 aromatic carbocycles. The quantitative estimate of drug-likeness (QED) is 0.266. The topological polar surface area (TPSA) is 99.7 Å². The Labute approximate surface area is 186 Å². The first-order valence-corrected chi connectivity index (χ1v) is 10.7. The average Bonchev–Trinajstić information content (AvgIpc) is 2.75. The van der Waals surface area contributed by atoms with E-state index in [4.69, 9.17) is 0 Å². The molecule has 172 valence electrons. The molecule has 0 aliphatic heterocycles. The van der Waals surface area contributed by atoms with Crippen LogP contribution in [-0.2, 0) is 27.4 Å². The van der Waals surface area contributed by atoms with Crippen molar-refractivity contribution in [2.24, 2.45) is 0 Å². The SMILES string of the molecule is C=C(CCCCC(=O)OC)N[C@@H](C)C(=O)NC(C)C(=C)Nc1cc(CC)cc(CO)c1. The molecule has 4 N–H and O–H groups in total. The van der Waals surface area contributed by atoms with Gasteiger partial charge in [-0.05, 0) is 62.8 Å². The van der Waals surface area contributed by atoms with E-state index in [0.717, 1.165) is 35.4 Å². The molecular formula is C24H37N3O4. The summed E-state index contributed by atoms with van der Waals surface area (Å²) in [5.74, 6) is -0.382. The number of carbonyl (C=O) groups is 2. The van der Waals surface area contributed by atoms with Crippen LogP contribution >= 0.6 is 0 Å². The summed E-state index contributed by atoms with van der Waals surface area (Å²) in [6.07, 6.45) is 3.43. The summed E-state index contributed by atoms with van der Waals surface area (Å²) in [6.45, 7) is 13.7. The number of allylic oxidation sites excluding steroid dienone is 1. The van der Waals surface area contributed by atoms with Crippen molar-refractivity contribution < 1.29 is 19.4 Å². The van der Waals surface area contributed by atoms with Gasteiger partial charge in [-0.25, -0.2) is 0 Å². The van der Waals surface area contributed by atoms with Crippen LogP contribution in [0.15, 0.2) is 42.8 Å². The molecule has 0 aliphatic carbocycles. The van der Waals surface area contributed by atoms with E-state index in [9.17, 15) is 14.7 Å². The van der Waals surface area contributed by atoms with Crippen molar-refractivity contribution >= 4 is 17.6 Å². The van der Waals surface area contributed by atoms with Crippen molar-refractivity contribution in [2.45, 2.75) is 71.6 Å². The third-order valence-corrected chi connectivity index (χ3v) is 4.98. The fourth-order valence-electron chi connectivity index (χ4n) is 3.00. The number of ether oxygens (including phenoxy) is 1. The van der Waals surface area contributed by atoms with Crippen LogP contribution in [0.4, 0.5) is 5.69 Å². The molecule has 0 saturated heterocycles. The number of amides is 1. The summed E-state index contributed by atoms with van der Waals surface area (Å²) in [5, 5.41) is 18.7. The Hall–Kier alpha value is -2.80. The lowest BCUT2D eigenvalue weighted by Gasteiger charge is -2.22. The second-order valence-electron chi connectivity index (χ2n) is 7.68. The van der Waals surface area contributed by atoms with Crippen LogP contribution in [0.1, 0.15) is 57.6 Å². The van der Waals surface area contributed by atoms with Crippen LogP contribution in [0.2, 0.25) is 0 Å². The van der Waals surface area contributed by atoms with E-state index in [0.29, 0.717) is 25.0 Å². The number of methoxy groups -OCH3 is 1. The minimum atomic E-state index is -0.451. The van der Waals surface area contributed by atoms with Crippen LogP contribution < -0.4 is 16.0 Å². The molecular weight excluding hydrogens is 394 g/mol. The van der Waals surface area contributed by atoms with Gasteiger partial charge in [0.15, 0.2) is 0 Å². The highest BCUT2D eigenvalue weighted by Crippen LogP contribution is 2.18. The van der Waals surface area contributed by atoms with E-state index in [1.807, 2.05) is 25.1 Å². The lowest BCUT2D eigenvalue weighted by molar-refractivity contribution is -0.140. The molecule has 31 heavy (non-hydrogen) atoms. The van der Waals surface area contributed by atoms with Gasteiger partial charge in [0.2, 0.25) is 5.91 Å². The van der Waals surface area contributed by atoms with Gasteiger partial charge in [0.1, 0.15) is 6.04 Å². The average molecular weight is 432 g/mol. The van der Waals surface area contributed by atoms with Crippen LogP contribution in [0.5, 0.6) is 0 Å². The Bertz CT molecular complexity index is 754. The zero-order valence-corrected chi connectivity index (χ0v) is 19.2. The molecule has 1 amide bonds. The number of carbonyl (C=O) groups excluding carboxylic acids is 2. The highest BCUT2D eigenvalue weighted by molar-refractivity contribution is 5.82. The van der Waals surface area contributed by atoms with E-state index in [1.165, 1.54) is 7.11 Å². The summed E-state index contributed by atoms with van der Waals surface area (Å²) < 4.78 is 4.62. The smallest absolute Gasteiger partial charge is 0.305 e. The summed E-state index contributed by atoms with van der Waals surface area (Å²) >= 11 is 0. The highest BCUT2D eigenvalue weighted by atomic mass is 16.5. The Morgan fingerprint density at radius 1 is 1.03 bits per heavy atom. The molecule has 0 spiro atoms. The molecule has 0 radical (unpaired) electrons. The maximum Gasteiger partial charge on any atom is 0.305 e. The van der Waals surface area contributed by atoms with Crippen LogP contribution in [-0.4, -0.2) is 36.2 Å². The lowest BCUT2D eigenvalue weighted by Crippen LogP contribution is -2.46. The van der Waals surface area contributed by atoms with Crippen molar-refractivity contribution in [2.75, 3.05) is 12.4 Å². The number of rotatable bonds is 14. The van der Waals surface area contributed by atoms with Crippen LogP contribution in [0, 0.1) is 0 Å². The van der Waals surface area contributed by atoms with Crippen molar-refractivity contribution in [1.29, 1.82) is 0 Å². The standard InChI is InChI=1S/C24H37N3O4/c1-7-20-12-21(15-28)14-22(13-20)26-17(3)18(4)27-24(30)19(5)25-16(2)10-8-9-11-23(29)31-6/h12-14,18-19,25-26,28H,2-3,7-11,15H2,1,4-6H3,(H,27,30)/t18?,19-/m0/s1. The molecule has 0 heterocycles. The van der Waals surface area contributed by atoms with Gasteiger partial charge in [-0.15, -0.1) is 0 Å². The number of hydrogen-bond acceptors (Lipinski definition) is 6. The molecule has 0 saturated carbocycles. The predicted octanol–water partition coefficient (Wildman–Crippen LogP) is 3.40. The number of aliphatic hydroxyl groups excluding tert-OH is 1. The summed E-state index contributed by atoms with van der Waals surface area (Å²) in [6, 6.07) is 5.09. The monoisotopic (exact) mass is 431 g/mol. The van der Waals surface area contributed by atoms with Crippen molar-refractivity contribution in [3.05, 3.63) is 53.9 Å². The molecule has 7 heteroatoms. The minimum absolute atomic E-state index is 0.0307. The van der Waals surface area contributed by atoms with Gasteiger partial charge in [-0.2, -0.15) is 0 Å². The first-order valence-electron chi connectivity index (χ1n) is 10.7. The zero-order valence-electron chi connectivity index (χ0n) is 19.2. The minimum Gasteiger partial charge on any atom is -0.469 e. The van der Waals surface area contributed by atoms with Crippen molar-refractivity contribution in [3.8, 4) is 0 Å². The van der Waals surface area contributed by atoms with Gasteiger partial charge in [0.05, 0.1) is 19.8 Å². The molecule has 0 fully saturated rings. The van der Waals surface area contributed by atoms with Gasteiger partial charge in [-0.3, -0.25) is 9.59 Å². The Morgan fingerprint density at radius 2 is 1.68 bits per heavy atom. The summed E-state index contributed by atoms with van der Waals surface area (Å²) in [7, 11) is 1.38. The molecule has 0 bridgehead atoms. The molecule has 1 unspecified atom stereocenters. The number of aryl methyl sites for hydroxylation is 1. The first-order chi connectivity index (χ1) is 14.7. The van der Waals surface area contributed by atoms with Gasteiger partial charge < -0.3 is 25.8 Å². The normalized spacial score (nSPS) is 12.4. The van der Waals surface area contributed by atoms with Crippen LogP contribution in [0.3, 0.4) is 0 Å². The predicted molar refractivity (Wildman–Crippen MR) is 124 cm³/mol. The second-order valence-corrected chi connectivity index (χ2v) is 7.68. The van der Waals surface area contributed by atoms with Gasteiger partial charge >= 0.3 is 5.97 Å². The largest absolute Gasteiger partial charge is 0.469 e. The van der Waals surface area contributed by atoms with Crippen molar-refractivity contribution in [1.82, 2.24) is 10.6 Å². The fraction of sp³-hybridized carbons (Fsp3) is 0.500. The van der Waals surface area contributed by atoms with Crippen molar-refractivity contribution in [3.63, 3.8) is 0 Å². The van der Waals surface area contributed by atoms with Gasteiger partial charge in [-0.1, -0.05) is 26.1 Å². The number of anilines is 1. The molecule has 0 aliphatic rings. The third kappa shape index (κ3) is 9.70. The summed E-state index contributed by atoms with van der Waals surface area (Å²) in [4.78, 5) is 23.7. The summed E-state index contributed by atoms with van der Waals surface area (Å²) in [5.41, 5.74) is 4.18. The number of nitrogens with one attached hydrogen (secondary N) is 3. The van der Waals surface area contributed by atoms with E-state index in [1.54, 1.807) is 6.92 Å². The Balaban J connectivity index is 2.48. The number of benzene rings is 1. The van der Waals surface area contributed by atoms with Gasteiger partial charge in [0, 0.05) is 23.5 Å². The number of unbranched alkanes of at least 4 members (excludes halogenated alkanes) is 1.